The predicted octanol–water partition coefficient (Wildman–Crippen LogP) is 22.4. The third-order valence-electron chi connectivity index (χ3n) is 18.5. The minimum absolute atomic E-state index is 0.106. The summed E-state index contributed by atoms with van der Waals surface area (Å²) in [4.78, 5) is 72.8. The molecule has 0 bridgehead atoms. The summed E-state index contributed by atoms with van der Waals surface area (Å²) in [7, 11) is -9.91. The van der Waals surface area contributed by atoms with Gasteiger partial charge in [0.05, 0.1) is 26.4 Å². The first-order chi connectivity index (χ1) is 46.2. The summed E-state index contributed by atoms with van der Waals surface area (Å²) in [5.74, 6) is 0.976. The molecular weight excluding hydrogens is 1260 g/mol. The van der Waals surface area contributed by atoms with Gasteiger partial charge in [0.2, 0.25) is 0 Å². The number of carbonyl (C=O) groups is 4. The van der Waals surface area contributed by atoms with Gasteiger partial charge in [0.15, 0.2) is 12.2 Å². The smallest absolute Gasteiger partial charge is 0.462 e. The van der Waals surface area contributed by atoms with E-state index in [2.05, 4.69) is 55.4 Å². The lowest BCUT2D eigenvalue weighted by atomic mass is 9.99. The Kier molecular flexibility index (Phi) is 65.0. The van der Waals surface area contributed by atoms with Crippen LogP contribution in [-0.4, -0.2) is 96.7 Å². The Hall–Kier alpha value is -1.94. The highest BCUT2D eigenvalue weighted by Crippen LogP contribution is 2.45. The van der Waals surface area contributed by atoms with Crippen LogP contribution in [0.5, 0.6) is 0 Å². The Morgan fingerprint density at radius 1 is 0.292 bits per heavy atom. The number of ether oxygens (including phenoxy) is 4. The summed E-state index contributed by atoms with van der Waals surface area (Å²) >= 11 is 0. The van der Waals surface area contributed by atoms with Gasteiger partial charge in [-0.3, -0.25) is 37.3 Å². The van der Waals surface area contributed by atoms with Crippen LogP contribution in [0.2, 0.25) is 0 Å². The molecule has 0 fully saturated rings. The average Bonchev–Trinajstić information content (AvgIpc) is 1.61. The molecule has 0 saturated carbocycles. The zero-order chi connectivity index (χ0) is 71.0. The van der Waals surface area contributed by atoms with Gasteiger partial charge in [0.1, 0.15) is 19.3 Å². The lowest BCUT2D eigenvalue weighted by Crippen LogP contribution is -2.30. The maximum atomic E-state index is 13.1. The molecule has 0 radical (unpaired) electrons. The molecule has 0 aromatic rings. The second kappa shape index (κ2) is 66.3. The van der Waals surface area contributed by atoms with E-state index in [9.17, 15) is 43.2 Å². The van der Waals surface area contributed by atoms with E-state index in [4.69, 9.17) is 37.0 Å². The minimum atomic E-state index is -4.96. The topological polar surface area (TPSA) is 237 Å². The number of aliphatic hydroxyl groups excluding tert-OH is 1. The van der Waals surface area contributed by atoms with E-state index in [1.807, 2.05) is 0 Å². The van der Waals surface area contributed by atoms with Gasteiger partial charge < -0.3 is 33.8 Å². The zero-order valence-corrected chi connectivity index (χ0v) is 64.8. The van der Waals surface area contributed by atoms with Crippen molar-refractivity contribution in [3.63, 3.8) is 0 Å². The van der Waals surface area contributed by atoms with Crippen molar-refractivity contribution in [1.82, 2.24) is 0 Å². The van der Waals surface area contributed by atoms with Gasteiger partial charge in [-0.2, -0.15) is 0 Å². The molecule has 0 saturated heterocycles. The average molecular weight is 1410 g/mol. The second-order valence-corrected chi connectivity index (χ2v) is 32.1. The number of hydrogen-bond acceptors (Lipinski definition) is 15. The van der Waals surface area contributed by atoms with Crippen molar-refractivity contribution in [3.05, 3.63) is 0 Å². The fourth-order valence-electron chi connectivity index (χ4n) is 11.7. The molecule has 96 heavy (non-hydrogen) atoms. The van der Waals surface area contributed by atoms with Crippen LogP contribution in [0.4, 0.5) is 0 Å². The summed E-state index contributed by atoms with van der Waals surface area (Å²) in [6.45, 7) is 14.2. The molecule has 0 aliphatic rings. The fraction of sp³-hybridized carbons (Fsp3) is 0.948. The summed E-state index contributed by atoms with van der Waals surface area (Å²) in [5, 5.41) is 10.6. The summed E-state index contributed by atoms with van der Waals surface area (Å²) in [6, 6.07) is 0. The van der Waals surface area contributed by atoms with E-state index in [-0.39, 0.29) is 25.7 Å². The Labute approximate surface area is 588 Å². The van der Waals surface area contributed by atoms with Crippen LogP contribution >= 0.6 is 15.6 Å². The summed E-state index contributed by atoms with van der Waals surface area (Å²) < 4.78 is 68.5. The summed E-state index contributed by atoms with van der Waals surface area (Å²) in [5.41, 5.74) is 0. The molecule has 570 valence electrons. The number of phosphoric ester groups is 2. The largest absolute Gasteiger partial charge is 0.472 e. The zero-order valence-electron chi connectivity index (χ0n) is 63.0. The predicted molar refractivity (Wildman–Crippen MR) is 391 cm³/mol. The number of esters is 4. The highest BCUT2D eigenvalue weighted by Gasteiger charge is 2.30. The van der Waals surface area contributed by atoms with Crippen molar-refractivity contribution in [2.24, 2.45) is 23.7 Å². The van der Waals surface area contributed by atoms with Crippen molar-refractivity contribution < 1.29 is 80.2 Å². The summed E-state index contributed by atoms with van der Waals surface area (Å²) in [6.07, 6.45) is 51.4. The number of phosphoric acid groups is 2. The van der Waals surface area contributed by atoms with Gasteiger partial charge >= 0.3 is 39.5 Å². The van der Waals surface area contributed by atoms with Crippen molar-refractivity contribution in [2.45, 2.75) is 408 Å². The molecule has 0 aromatic heterocycles. The second-order valence-electron chi connectivity index (χ2n) is 29.2. The highest BCUT2D eigenvalue weighted by molar-refractivity contribution is 7.47. The number of unbranched alkanes of at least 4 members (excludes halogenated alkanes) is 38. The Morgan fingerprint density at radius 2 is 0.500 bits per heavy atom. The van der Waals surface area contributed by atoms with Gasteiger partial charge in [-0.15, -0.1) is 0 Å². The van der Waals surface area contributed by atoms with E-state index < -0.39 is 97.5 Å². The molecule has 17 nitrogen and oxygen atoms in total. The van der Waals surface area contributed by atoms with Crippen LogP contribution in [0.25, 0.3) is 0 Å². The molecule has 4 unspecified atom stereocenters. The quantitative estimate of drug-likeness (QED) is 0.0222. The molecule has 0 aliphatic heterocycles. The lowest BCUT2D eigenvalue weighted by Gasteiger charge is -2.21. The molecule has 0 spiro atoms. The van der Waals surface area contributed by atoms with Crippen LogP contribution in [0.3, 0.4) is 0 Å². The van der Waals surface area contributed by atoms with Crippen molar-refractivity contribution in [2.75, 3.05) is 39.6 Å². The van der Waals surface area contributed by atoms with Crippen molar-refractivity contribution in [1.29, 1.82) is 0 Å². The van der Waals surface area contributed by atoms with Gasteiger partial charge in [0.25, 0.3) is 0 Å². The SMILES string of the molecule is CCC(C)CCCCCCCCCCCCCCCCC(=O)O[C@H](COC(=O)CCCCCCCCC(C)C)COP(=O)(O)OC[C@H](O)COP(=O)(O)OC[C@@H](COC(=O)CCCCCCCCCCC(C)CC)OC(=O)CCCCCCCCCCCCCCCCC(C)C. The number of carbonyl (C=O) groups excluding carboxylic acids is 4. The number of rotatable bonds is 74. The highest BCUT2D eigenvalue weighted by atomic mass is 31.2. The minimum Gasteiger partial charge on any atom is -0.462 e. The van der Waals surface area contributed by atoms with Crippen LogP contribution in [0, 0.1) is 23.7 Å². The molecule has 0 aliphatic carbocycles. The first-order valence-corrected chi connectivity index (χ1v) is 42.8. The fourth-order valence-corrected chi connectivity index (χ4v) is 13.2. The van der Waals surface area contributed by atoms with E-state index in [1.165, 1.54) is 186 Å². The van der Waals surface area contributed by atoms with E-state index >= 15 is 0 Å². The third-order valence-corrected chi connectivity index (χ3v) is 20.4. The van der Waals surface area contributed by atoms with Crippen molar-refractivity contribution >= 4 is 39.5 Å². The first-order valence-electron chi connectivity index (χ1n) is 39.8. The van der Waals surface area contributed by atoms with Crippen LogP contribution in [0.15, 0.2) is 0 Å². The van der Waals surface area contributed by atoms with Crippen LogP contribution in [-0.2, 0) is 65.4 Å². The molecule has 0 amide bonds. The Morgan fingerprint density at radius 3 is 0.740 bits per heavy atom. The van der Waals surface area contributed by atoms with Gasteiger partial charge in [-0.05, 0) is 49.4 Å². The number of hydrogen-bond donors (Lipinski definition) is 3. The van der Waals surface area contributed by atoms with Crippen LogP contribution < -0.4 is 0 Å². The number of aliphatic hydroxyl groups is 1. The molecule has 0 aromatic carbocycles. The monoisotopic (exact) mass is 1410 g/mol. The van der Waals surface area contributed by atoms with E-state index in [0.717, 1.165) is 114 Å². The van der Waals surface area contributed by atoms with Crippen molar-refractivity contribution in [3.8, 4) is 0 Å². The third kappa shape index (κ3) is 67.9. The first kappa shape index (κ1) is 94.1. The lowest BCUT2D eigenvalue weighted by molar-refractivity contribution is -0.161. The van der Waals surface area contributed by atoms with Gasteiger partial charge in [0, 0.05) is 25.7 Å². The van der Waals surface area contributed by atoms with E-state index in [1.54, 1.807) is 0 Å². The van der Waals surface area contributed by atoms with Crippen LogP contribution in [0.1, 0.15) is 389 Å². The molecule has 0 rings (SSSR count). The maximum Gasteiger partial charge on any atom is 0.472 e. The molecule has 7 atom stereocenters. The maximum absolute atomic E-state index is 13.1. The van der Waals surface area contributed by atoms with Gasteiger partial charge in [-0.1, -0.05) is 338 Å². The molecule has 3 N–H and O–H groups in total. The van der Waals surface area contributed by atoms with Gasteiger partial charge in [-0.25, -0.2) is 9.13 Å². The Bertz CT molecular complexity index is 1890. The molecular formula is C77H150O17P2. The normalized spacial score (nSPS) is 14.7. The standard InChI is InChI=1S/C77H150O17P2/c1-9-69(7)55-47-39-30-24-20-16-12-14-18-22-26-34-44-52-60-77(82)94-73(64-88-75(80)58-50-42-36-35-38-46-54-68(5)6)66-92-96(85,86)90-62-71(78)61-89-95(83,84)91-65-72(63-87-74(79)57-49-41-32-28-27-31-40-48-56-70(8)10-2)93-76(81)59-51-43-33-25-21-17-13-11-15-19-23-29-37-45-53-67(3)4/h67-73,78H,9-66H2,1-8H3,(H,83,84)(H,85,86)/t69?,70?,71-,72-,73-/m1/s1. The molecule has 19 heteroatoms. The Balaban J connectivity index is 5.22. The molecule has 0 heterocycles. The van der Waals surface area contributed by atoms with E-state index in [0.29, 0.717) is 31.6 Å².